The van der Waals surface area contributed by atoms with Crippen LogP contribution in [0, 0.1) is 6.92 Å². The monoisotopic (exact) mass is 391 g/mol. The molecule has 5 heteroatoms. The molecule has 0 radical (unpaired) electrons. The van der Waals surface area contributed by atoms with Crippen molar-refractivity contribution in [1.29, 1.82) is 0 Å². The number of rotatable bonds is 4. The van der Waals surface area contributed by atoms with Gasteiger partial charge in [-0.2, -0.15) is 0 Å². The average Bonchev–Trinajstić information content (AvgIpc) is 2.95. The zero-order valence-electron chi connectivity index (χ0n) is 15.2. The van der Waals surface area contributed by atoms with Gasteiger partial charge in [0.05, 0.1) is 11.6 Å². The third-order valence-electron chi connectivity index (χ3n) is 5.21. The molecular formula is C23H18ClNO3. The van der Waals surface area contributed by atoms with Crippen molar-refractivity contribution in [3.05, 3.63) is 93.7 Å². The van der Waals surface area contributed by atoms with Crippen LogP contribution in [-0.2, 0) is 15.2 Å². The van der Waals surface area contributed by atoms with E-state index in [9.17, 15) is 14.7 Å². The normalized spacial score (nSPS) is 21.1. The Morgan fingerprint density at radius 3 is 2.71 bits per heavy atom. The van der Waals surface area contributed by atoms with E-state index < -0.39 is 17.4 Å². The summed E-state index contributed by atoms with van der Waals surface area (Å²) < 4.78 is 0. The number of Topliss-reactive ketones (excluding diaryl/α,β-unsaturated/α-hetero) is 1. The molecule has 1 amide bonds. The Hall–Kier alpha value is -2.91. The first kappa shape index (κ1) is 18.5. The molecule has 0 saturated heterocycles. The zero-order valence-corrected chi connectivity index (χ0v) is 16.0. The predicted molar refractivity (Wildman–Crippen MR) is 108 cm³/mol. The summed E-state index contributed by atoms with van der Waals surface area (Å²) in [6.45, 7) is 1.80. The van der Waals surface area contributed by atoms with Crippen LogP contribution in [0.4, 0.5) is 5.69 Å². The number of nitrogens with one attached hydrogen (secondary N) is 1. The van der Waals surface area contributed by atoms with Gasteiger partial charge < -0.3 is 10.4 Å². The molecule has 28 heavy (non-hydrogen) atoms. The SMILES string of the molecule is Cc1cc(Cl)cc2c1NC(=O)[C@]2(O)[C@@H](C(=O)C1=CCC=C=C1)c1ccccc1. The number of anilines is 1. The van der Waals surface area contributed by atoms with Crippen molar-refractivity contribution >= 4 is 29.0 Å². The summed E-state index contributed by atoms with van der Waals surface area (Å²) in [4.78, 5) is 26.5. The van der Waals surface area contributed by atoms with Crippen LogP contribution in [0.25, 0.3) is 0 Å². The maximum atomic E-state index is 13.5. The van der Waals surface area contributed by atoms with Crippen LogP contribution in [0.1, 0.15) is 29.0 Å². The van der Waals surface area contributed by atoms with Gasteiger partial charge in [-0.05, 0) is 48.8 Å². The van der Waals surface area contributed by atoms with E-state index in [2.05, 4.69) is 11.0 Å². The maximum Gasteiger partial charge on any atom is 0.262 e. The van der Waals surface area contributed by atoms with Crippen molar-refractivity contribution in [3.63, 3.8) is 0 Å². The molecular weight excluding hydrogens is 374 g/mol. The predicted octanol–water partition coefficient (Wildman–Crippen LogP) is 4.18. The zero-order chi connectivity index (χ0) is 19.9. The minimum atomic E-state index is -2.07. The summed E-state index contributed by atoms with van der Waals surface area (Å²) in [5.41, 5.74) is 3.38. The highest BCUT2D eigenvalue weighted by molar-refractivity contribution is 6.31. The molecule has 1 aliphatic heterocycles. The molecule has 1 aliphatic carbocycles. The van der Waals surface area contributed by atoms with Crippen LogP contribution in [0.3, 0.4) is 0 Å². The highest BCUT2D eigenvalue weighted by Gasteiger charge is 2.55. The summed E-state index contributed by atoms with van der Waals surface area (Å²) in [5.74, 6) is -2.09. The third kappa shape index (κ3) is 2.83. The lowest BCUT2D eigenvalue weighted by Gasteiger charge is -2.31. The van der Waals surface area contributed by atoms with E-state index in [0.29, 0.717) is 33.8 Å². The van der Waals surface area contributed by atoms with Gasteiger partial charge in [0, 0.05) is 16.2 Å². The van der Waals surface area contributed by atoms with Crippen LogP contribution in [-0.4, -0.2) is 16.8 Å². The number of aryl methyl sites for hydroxylation is 1. The molecule has 4 nitrogen and oxygen atoms in total. The van der Waals surface area contributed by atoms with Gasteiger partial charge in [0.2, 0.25) is 0 Å². The second-order valence-electron chi connectivity index (χ2n) is 6.98. The van der Waals surface area contributed by atoms with Gasteiger partial charge in [-0.15, -0.1) is 5.73 Å². The third-order valence-corrected chi connectivity index (χ3v) is 5.42. The van der Waals surface area contributed by atoms with Gasteiger partial charge >= 0.3 is 0 Å². The number of hydrogen-bond donors (Lipinski definition) is 2. The van der Waals surface area contributed by atoms with E-state index in [4.69, 9.17) is 11.6 Å². The second-order valence-corrected chi connectivity index (χ2v) is 7.42. The number of carbonyl (C=O) groups is 2. The molecule has 0 unspecified atom stereocenters. The van der Waals surface area contributed by atoms with Crippen LogP contribution in [0.5, 0.6) is 0 Å². The van der Waals surface area contributed by atoms with Crippen molar-refractivity contribution in [2.75, 3.05) is 5.32 Å². The highest BCUT2D eigenvalue weighted by atomic mass is 35.5. The molecule has 0 bridgehead atoms. The van der Waals surface area contributed by atoms with Gasteiger partial charge in [-0.3, -0.25) is 9.59 Å². The molecule has 0 aromatic heterocycles. The van der Waals surface area contributed by atoms with Crippen molar-refractivity contribution in [2.24, 2.45) is 0 Å². The number of benzene rings is 2. The Balaban J connectivity index is 1.94. The molecule has 2 aromatic carbocycles. The number of amides is 1. The fraction of sp³-hybridized carbons (Fsp3) is 0.174. The van der Waals surface area contributed by atoms with E-state index in [1.165, 1.54) is 0 Å². The molecule has 140 valence electrons. The van der Waals surface area contributed by atoms with Gasteiger partial charge in [0.15, 0.2) is 11.4 Å². The number of hydrogen-bond acceptors (Lipinski definition) is 3. The summed E-state index contributed by atoms with van der Waals surface area (Å²) in [6.07, 6.45) is 5.74. The van der Waals surface area contributed by atoms with Crippen LogP contribution in [0.15, 0.2) is 72.0 Å². The minimum absolute atomic E-state index is 0.320. The quantitative estimate of drug-likeness (QED) is 0.768. The fourth-order valence-corrected chi connectivity index (χ4v) is 4.13. The first-order valence-electron chi connectivity index (χ1n) is 8.97. The fourth-order valence-electron chi connectivity index (χ4n) is 3.86. The smallest absolute Gasteiger partial charge is 0.262 e. The number of carbonyl (C=O) groups excluding carboxylic acids is 2. The standard InChI is InChI=1S/C23H18ClNO3/c1-14-12-17(24)13-18-20(14)25-22(27)23(18,28)19(15-8-4-2-5-9-15)21(26)16-10-6-3-7-11-16/h2-5,8-13,19,28H,6H2,1H3,(H,25,27)/t19-,23-/m1/s1. The summed E-state index contributed by atoms with van der Waals surface area (Å²) in [5, 5.41) is 14.8. The van der Waals surface area contributed by atoms with E-state index >= 15 is 0 Å². The Morgan fingerprint density at radius 2 is 2.04 bits per heavy atom. The van der Waals surface area contributed by atoms with Gasteiger partial charge in [-0.25, -0.2) is 0 Å². The molecule has 0 saturated carbocycles. The molecule has 2 aromatic rings. The van der Waals surface area contributed by atoms with Gasteiger partial charge in [0.1, 0.15) is 0 Å². The number of halogens is 1. The van der Waals surface area contributed by atoms with Crippen molar-refractivity contribution in [1.82, 2.24) is 0 Å². The van der Waals surface area contributed by atoms with Crippen molar-refractivity contribution in [2.45, 2.75) is 24.9 Å². The lowest BCUT2D eigenvalue weighted by atomic mass is 9.73. The van der Waals surface area contributed by atoms with E-state index in [1.54, 1.807) is 55.5 Å². The summed E-state index contributed by atoms with van der Waals surface area (Å²) in [6, 6.07) is 12.1. The van der Waals surface area contributed by atoms with Crippen molar-refractivity contribution in [3.8, 4) is 0 Å². The van der Waals surface area contributed by atoms with E-state index in [1.807, 2.05) is 12.1 Å². The lowest BCUT2D eigenvalue weighted by Crippen LogP contribution is -2.44. The Morgan fingerprint density at radius 1 is 1.29 bits per heavy atom. The molecule has 0 fully saturated rings. The summed E-state index contributed by atoms with van der Waals surface area (Å²) >= 11 is 6.22. The number of aliphatic hydroxyl groups is 1. The summed E-state index contributed by atoms with van der Waals surface area (Å²) in [7, 11) is 0. The molecule has 4 rings (SSSR count). The Kier molecular flexibility index (Phi) is 4.56. The maximum absolute atomic E-state index is 13.5. The molecule has 1 heterocycles. The van der Waals surface area contributed by atoms with Crippen molar-refractivity contribution < 1.29 is 14.7 Å². The number of ketones is 1. The average molecular weight is 392 g/mol. The largest absolute Gasteiger partial charge is 0.374 e. The van der Waals surface area contributed by atoms with Crippen LogP contribution < -0.4 is 5.32 Å². The Bertz CT molecular complexity index is 1080. The second kappa shape index (κ2) is 6.92. The van der Waals surface area contributed by atoms with E-state index in [-0.39, 0.29) is 5.78 Å². The molecule has 2 N–H and O–H groups in total. The van der Waals surface area contributed by atoms with Crippen LogP contribution >= 0.6 is 11.6 Å². The van der Waals surface area contributed by atoms with E-state index in [0.717, 1.165) is 5.56 Å². The Labute approximate surface area is 167 Å². The number of allylic oxidation sites excluding steroid dienone is 3. The molecule has 2 atom stereocenters. The molecule has 2 aliphatic rings. The highest BCUT2D eigenvalue weighted by Crippen LogP contribution is 2.48. The topological polar surface area (TPSA) is 66.4 Å². The minimum Gasteiger partial charge on any atom is -0.374 e. The van der Waals surface area contributed by atoms with Gasteiger partial charge in [0.25, 0.3) is 5.91 Å². The van der Waals surface area contributed by atoms with Crippen LogP contribution in [0.2, 0.25) is 5.02 Å². The first-order chi connectivity index (χ1) is 13.4. The molecule has 0 spiro atoms. The first-order valence-corrected chi connectivity index (χ1v) is 9.35. The van der Waals surface area contributed by atoms with Gasteiger partial charge in [-0.1, -0.05) is 48.0 Å². The lowest BCUT2D eigenvalue weighted by molar-refractivity contribution is -0.141. The number of fused-ring (bicyclic) bond motifs is 1.